The van der Waals surface area contributed by atoms with Crippen LogP contribution < -0.4 is 0 Å². The first-order chi connectivity index (χ1) is 17.1. The van der Waals surface area contributed by atoms with E-state index >= 15 is 0 Å². The van der Waals surface area contributed by atoms with Gasteiger partial charge in [-0.05, 0) is 169 Å². The summed E-state index contributed by atoms with van der Waals surface area (Å²) in [6.45, 7) is 15.9. The fourth-order valence-corrected chi connectivity index (χ4v) is 8.12. The van der Waals surface area contributed by atoms with E-state index in [9.17, 15) is 0 Å². The Morgan fingerprint density at radius 3 is 0.972 bits per heavy atom. The molecule has 0 aromatic rings. The van der Waals surface area contributed by atoms with Crippen LogP contribution in [0.3, 0.4) is 0 Å². The van der Waals surface area contributed by atoms with Crippen LogP contribution in [0.4, 0.5) is 0 Å². The van der Waals surface area contributed by atoms with Gasteiger partial charge in [0, 0.05) is 26.2 Å². The molecule has 6 aliphatic heterocycles. The molecule has 0 bridgehead atoms. The normalized spacial score (nSPS) is 31.5. The van der Waals surface area contributed by atoms with Crippen LogP contribution in [0.2, 0.25) is 0 Å². The molecule has 0 N–H and O–H groups in total. The molecule has 3 spiro atoms. The smallest absolute Gasteiger partial charge is 0.00484 e. The molecule has 6 heteroatoms. The number of nitrogens with zero attached hydrogens (tertiary/aromatic N) is 6. The topological polar surface area (TPSA) is 19.4 Å². The van der Waals surface area contributed by atoms with Crippen LogP contribution in [0.15, 0.2) is 0 Å². The molecule has 0 amide bonds. The van der Waals surface area contributed by atoms with E-state index in [-0.39, 0.29) is 0 Å². The van der Waals surface area contributed by atoms with Crippen molar-refractivity contribution in [1.29, 1.82) is 0 Å². The Morgan fingerprint density at radius 2 is 0.611 bits per heavy atom. The van der Waals surface area contributed by atoms with Gasteiger partial charge < -0.3 is 29.4 Å². The highest BCUT2D eigenvalue weighted by Gasteiger charge is 2.42. The molecule has 0 aliphatic carbocycles. The summed E-state index contributed by atoms with van der Waals surface area (Å²) in [4.78, 5) is 14.8. The number of hydrogen-bond donors (Lipinski definition) is 0. The van der Waals surface area contributed by atoms with Crippen molar-refractivity contribution < 1.29 is 0 Å². The third-order valence-corrected chi connectivity index (χ3v) is 10.8. The minimum Gasteiger partial charge on any atom is -0.306 e. The predicted molar refractivity (Wildman–Crippen MR) is 154 cm³/mol. The first-order valence-corrected chi connectivity index (χ1v) is 15.2. The van der Waals surface area contributed by atoms with Crippen molar-refractivity contribution in [3.05, 3.63) is 0 Å². The lowest BCUT2D eigenvalue weighted by Gasteiger charge is -2.52. The fraction of sp³-hybridized carbons (Fsp3) is 1.00. The lowest BCUT2D eigenvalue weighted by atomic mass is 9.72. The van der Waals surface area contributed by atoms with Crippen molar-refractivity contribution in [1.82, 2.24) is 29.4 Å². The van der Waals surface area contributed by atoms with Crippen LogP contribution in [0.5, 0.6) is 0 Å². The van der Waals surface area contributed by atoms with E-state index in [4.69, 9.17) is 0 Å². The SMILES string of the molecule is CN1CCC2(CC1)CCN(C)C2.CN1CCC2(CC1)CN(C)C2.CN1CCC2(CCCN(C)C2)CC1. The standard InChI is InChI=1S/C11H22N2.C10H20N2.C9H18N2/c1-12-8-5-11(6-9-12)4-3-7-13(2)10-11;1-11-6-3-10(4-7-11)5-8-12(2)9-10;1-10-5-3-9(4-6-10)7-11(2)8-9/h3-10H2,1-2H3;3-9H2,1-2H3;3-8H2,1-2H3. The maximum absolute atomic E-state index is 2.52. The largest absolute Gasteiger partial charge is 0.306 e. The molecule has 6 heterocycles. The zero-order valence-electron chi connectivity index (χ0n) is 25.0. The fourth-order valence-electron chi connectivity index (χ4n) is 8.12. The van der Waals surface area contributed by atoms with Crippen LogP contribution in [-0.4, -0.2) is 150 Å². The molecule has 36 heavy (non-hydrogen) atoms. The maximum Gasteiger partial charge on any atom is 0.00484 e. The van der Waals surface area contributed by atoms with Gasteiger partial charge in [-0.1, -0.05) is 0 Å². The second-order valence-corrected chi connectivity index (χ2v) is 14.4. The van der Waals surface area contributed by atoms with Gasteiger partial charge in [0.2, 0.25) is 0 Å². The van der Waals surface area contributed by atoms with Gasteiger partial charge in [-0.3, -0.25) is 0 Å². The molecule has 0 atom stereocenters. The van der Waals surface area contributed by atoms with Gasteiger partial charge in [0.1, 0.15) is 0 Å². The predicted octanol–water partition coefficient (Wildman–Crippen LogP) is 3.10. The summed E-state index contributed by atoms with van der Waals surface area (Å²) < 4.78 is 0. The van der Waals surface area contributed by atoms with Gasteiger partial charge in [0.25, 0.3) is 0 Å². The van der Waals surface area contributed by atoms with E-state index < -0.39 is 0 Å². The van der Waals surface area contributed by atoms with Crippen LogP contribution in [-0.2, 0) is 0 Å². The average Bonchev–Trinajstić information content (AvgIpc) is 3.20. The third kappa shape index (κ3) is 7.66. The van der Waals surface area contributed by atoms with Crippen LogP contribution in [0, 0.1) is 16.2 Å². The Kier molecular flexibility index (Phi) is 9.82. The monoisotopic (exact) mass is 504 g/mol. The molecule has 210 valence electrons. The Labute approximate surface area is 224 Å². The highest BCUT2D eigenvalue weighted by atomic mass is 15.2. The Balaban J connectivity index is 0.000000127. The third-order valence-electron chi connectivity index (χ3n) is 10.8. The maximum atomic E-state index is 2.52. The summed E-state index contributed by atoms with van der Waals surface area (Å²) in [5, 5.41) is 0. The number of hydrogen-bond acceptors (Lipinski definition) is 6. The van der Waals surface area contributed by atoms with E-state index in [2.05, 4.69) is 71.7 Å². The number of likely N-dealkylation sites (tertiary alicyclic amines) is 6. The summed E-state index contributed by atoms with van der Waals surface area (Å²) in [6.07, 6.45) is 12.9. The Bertz CT molecular complexity index is 650. The minimum absolute atomic E-state index is 0.694. The summed E-state index contributed by atoms with van der Waals surface area (Å²) in [5.74, 6) is 0. The van der Waals surface area contributed by atoms with Crippen molar-refractivity contribution in [2.24, 2.45) is 16.2 Å². The molecular formula is C30H60N6. The zero-order valence-corrected chi connectivity index (χ0v) is 25.0. The zero-order chi connectivity index (χ0) is 25.8. The van der Waals surface area contributed by atoms with Crippen LogP contribution in [0.1, 0.15) is 57.8 Å². The first-order valence-electron chi connectivity index (χ1n) is 15.2. The Morgan fingerprint density at radius 1 is 0.306 bits per heavy atom. The molecule has 0 aromatic carbocycles. The van der Waals surface area contributed by atoms with E-state index in [1.807, 2.05) is 0 Å². The van der Waals surface area contributed by atoms with E-state index in [1.54, 1.807) is 0 Å². The van der Waals surface area contributed by atoms with Gasteiger partial charge >= 0.3 is 0 Å². The van der Waals surface area contributed by atoms with Crippen molar-refractivity contribution >= 4 is 0 Å². The molecule has 0 aromatic heterocycles. The van der Waals surface area contributed by atoms with E-state index in [0.29, 0.717) is 10.8 Å². The molecule has 0 saturated carbocycles. The highest BCUT2D eigenvalue weighted by Crippen LogP contribution is 2.40. The average molecular weight is 505 g/mol. The summed E-state index contributed by atoms with van der Waals surface area (Å²) in [7, 11) is 13.5. The van der Waals surface area contributed by atoms with Gasteiger partial charge in [0.15, 0.2) is 0 Å². The van der Waals surface area contributed by atoms with Gasteiger partial charge in [-0.2, -0.15) is 0 Å². The quantitative estimate of drug-likeness (QED) is 0.501. The molecular weight excluding hydrogens is 444 g/mol. The summed E-state index contributed by atoms with van der Waals surface area (Å²) in [5.41, 5.74) is 2.14. The van der Waals surface area contributed by atoms with E-state index in [0.717, 1.165) is 5.41 Å². The van der Waals surface area contributed by atoms with Crippen LogP contribution >= 0.6 is 0 Å². The van der Waals surface area contributed by atoms with Gasteiger partial charge in [-0.25, -0.2) is 0 Å². The lowest BCUT2D eigenvalue weighted by Crippen LogP contribution is -2.58. The van der Waals surface area contributed by atoms with Crippen molar-refractivity contribution in [2.45, 2.75) is 57.8 Å². The molecule has 0 unspecified atom stereocenters. The Hall–Kier alpha value is -0.240. The molecule has 6 saturated heterocycles. The molecule has 6 rings (SSSR count). The summed E-state index contributed by atoms with van der Waals surface area (Å²) in [6, 6.07) is 0. The first kappa shape index (κ1) is 28.8. The number of piperidine rings is 4. The number of rotatable bonds is 0. The molecule has 6 fully saturated rings. The second kappa shape index (κ2) is 12.3. The van der Waals surface area contributed by atoms with Crippen molar-refractivity contribution in [2.75, 3.05) is 121 Å². The van der Waals surface area contributed by atoms with Gasteiger partial charge in [-0.15, -0.1) is 0 Å². The molecule has 6 aliphatic rings. The lowest BCUT2D eigenvalue weighted by molar-refractivity contribution is -0.0264. The molecule has 6 nitrogen and oxygen atoms in total. The highest BCUT2D eigenvalue weighted by molar-refractivity contribution is 4.96. The van der Waals surface area contributed by atoms with Crippen molar-refractivity contribution in [3.63, 3.8) is 0 Å². The summed E-state index contributed by atoms with van der Waals surface area (Å²) >= 11 is 0. The van der Waals surface area contributed by atoms with Gasteiger partial charge in [0.05, 0.1) is 0 Å². The second-order valence-electron chi connectivity index (χ2n) is 14.4. The minimum atomic E-state index is 0.694. The molecule has 0 radical (unpaired) electrons. The van der Waals surface area contributed by atoms with Crippen LogP contribution in [0.25, 0.3) is 0 Å². The van der Waals surface area contributed by atoms with E-state index in [1.165, 1.54) is 136 Å². The van der Waals surface area contributed by atoms with Crippen molar-refractivity contribution in [3.8, 4) is 0 Å².